The molecule has 1 rings (SSSR count). The smallest absolute Gasteiger partial charge is 0.249 e. The highest BCUT2D eigenvalue weighted by Gasteiger charge is 2.11. The van der Waals surface area contributed by atoms with Crippen LogP contribution in [0.3, 0.4) is 0 Å². The molecule has 0 aliphatic carbocycles. The quantitative estimate of drug-likeness (QED) is 0.823. The fourth-order valence-corrected chi connectivity index (χ4v) is 1.74. The number of aryl methyl sites for hydroxylation is 1. The molecule has 0 bridgehead atoms. The molecule has 0 unspecified atom stereocenters. The van der Waals surface area contributed by atoms with Crippen LogP contribution in [-0.4, -0.2) is 11.9 Å². The molecule has 0 aromatic heterocycles. The number of carbonyl (C=O) groups excluding carboxylic acids is 1. The lowest BCUT2D eigenvalue weighted by molar-refractivity contribution is 0.1000. The van der Waals surface area contributed by atoms with Gasteiger partial charge < -0.3 is 11.1 Å². The normalized spacial score (nSPS) is 14.1. The molecule has 17 heavy (non-hydrogen) atoms. The predicted octanol–water partition coefficient (Wildman–Crippen LogP) is 2.94. The number of benzene rings is 1. The Morgan fingerprint density at radius 2 is 2.06 bits per heavy atom. The Bertz CT molecular complexity index is 401. The summed E-state index contributed by atoms with van der Waals surface area (Å²) in [5.41, 5.74) is 7.79. The second kappa shape index (κ2) is 5.71. The lowest BCUT2D eigenvalue weighted by atomic mass is 10.00. The predicted molar refractivity (Wildman–Crippen MR) is 72.2 cm³/mol. The highest BCUT2D eigenvalue weighted by atomic mass is 16.1. The van der Waals surface area contributed by atoms with Gasteiger partial charge in [0, 0.05) is 17.3 Å². The van der Waals surface area contributed by atoms with Crippen molar-refractivity contribution >= 4 is 11.6 Å². The van der Waals surface area contributed by atoms with Gasteiger partial charge in [-0.05, 0) is 37.5 Å². The Morgan fingerprint density at radius 3 is 2.59 bits per heavy atom. The summed E-state index contributed by atoms with van der Waals surface area (Å²) in [6.45, 7) is 8.42. The van der Waals surface area contributed by atoms with E-state index in [0.29, 0.717) is 17.5 Å². The first-order valence-electron chi connectivity index (χ1n) is 6.12. The van der Waals surface area contributed by atoms with Crippen molar-refractivity contribution in [2.24, 2.45) is 11.7 Å². The molecule has 0 aliphatic heterocycles. The Labute approximate surface area is 103 Å². The summed E-state index contributed by atoms with van der Waals surface area (Å²) in [5, 5.41) is 3.41. The van der Waals surface area contributed by atoms with Gasteiger partial charge >= 0.3 is 0 Å². The second-order valence-electron chi connectivity index (χ2n) is 4.71. The van der Waals surface area contributed by atoms with Crippen LogP contribution in [-0.2, 0) is 0 Å². The lowest BCUT2D eigenvalue weighted by Crippen LogP contribution is -2.23. The number of carbonyl (C=O) groups is 1. The van der Waals surface area contributed by atoms with E-state index in [1.54, 1.807) is 0 Å². The molecule has 1 aromatic carbocycles. The third kappa shape index (κ3) is 3.48. The van der Waals surface area contributed by atoms with Crippen LogP contribution in [0.2, 0.25) is 0 Å². The molecule has 0 aliphatic rings. The van der Waals surface area contributed by atoms with Crippen molar-refractivity contribution < 1.29 is 4.79 Å². The molecule has 1 aromatic rings. The highest BCUT2D eigenvalue weighted by Crippen LogP contribution is 2.18. The van der Waals surface area contributed by atoms with E-state index in [-0.39, 0.29) is 5.91 Å². The zero-order valence-corrected chi connectivity index (χ0v) is 11.1. The van der Waals surface area contributed by atoms with Gasteiger partial charge in [0.2, 0.25) is 5.91 Å². The molecule has 0 heterocycles. The largest absolute Gasteiger partial charge is 0.382 e. The van der Waals surface area contributed by atoms with Crippen molar-refractivity contribution in [3.05, 3.63) is 29.3 Å². The van der Waals surface area contributed by atoms with Crippen LogP contribution in [0, 0.1) is 12.8 Å². The fourth-order valence-electron chi connectivity index (χ4n) is 1.74. The molecular weight excluding hydrogens is 212 g/mol. The van der Waals surface area contributed by atoms with E-state index in [2.05, 4.69) is 26.1 Å². The fraction of sp³-hybridized carbons (Fsp3) is 0.500. The Kier molecular flexibility index (Phi) is 4.55. The maximum absolute atomic E-state index is 11.2. The molecule has 0 fully saturated rings. The lowest BCUT2D eigenvalue weighted by Gasteiger charge is -2.21. The molecule has 3 N–H and O–H groups in total. The summed E-state index contributed by atoms with van der Waals surface area (Å²) in [5.74, 6) is 0.218. The van der Waals surface area contributed by atoms with E-state index < -0.39 is 0 Å². The van der Waals surface area contributed by atoms with E-state index in [1.165, 1.54) is 0 Å². The summed E-state index contributed by atoms with van der Waals surface area (Å²) in [7, 11) is 0. The molecular formula is C14H22N2O. The number of amides is 1. The standard InChI is InChI=1S/C14H22N2O/c1-5-9(2)11(4)16-12-7-6-10(3)13(8-12)14(15)17/h6-9,11,16H,5H2,1-4H3,(H2,15,17)/t9-,11+/m1/s1. The summed E-state index contributed by atoms with van der Waals surface area (Å²) in [6.07, 6.45) is 1.13. The van der Waals surface area contributed by atoms with Gasteiger partial charge in [0.15, 0.2) is 0 Å². The third-order valence-corrected chi connectivity index (χ3v) is 3.39. The van der Waals surface area contributed by atoms with E-state index in [4.69, 9.17) is 5.73 Å². The van der Waals surface area contributed by atoms with Crippen molar-refractivity contribution in [3.8, 4) is 0 Å². The zero-order chi connectivity index (χ0) is 13.0. The molecule has 0 radical (unpaired) electrons. The van der Waals surface area contributed by atoms with Crippen LogP contribution in [0.15, 0.2) is 18.2 Å². The number of hydrogen-bond acceptors (Lipinski definition) is 2. The molecule has 3 heteroatoms. The number of hydrogen-bond donors (Lipinski definition) is 2. The van der Waals surface area contributed by atoms with Crippen LogP contribution in [0.5, 0.6) is 0 Å². The van der Waals surface area contributed by atoms with Crippen molar-refractivity contribution in [1.29, 1.82) is 0 Å². The topological polar surface area (TPSA) is 55.1 Å². The van der Waals surface area contributed by atoms with Crippen molar-refractivity contribution in [2.45, 2.75) is 40.2 Å². The van der Waals surface area contributed by atoms with Crippen molar-refractivity contribution in [3.63, 3.8) is 0 Å². The number of nitrogens with two attached hydrogens (primary N) is 1. The van der Waals surface area contributed by atoms with Gasteiger partial charge in [-0.2, -0.15) is 0 Å². The zero-order valence-electron chi connectivity index (χ0n) is 11.1. The van der Waals surface area contributed by atoms with Gasteiger partial charge in [0.25, 0.3) is 0 Å². The SMILES string of the molecule is CC[C@@H](C)[C@H](C)Nc1ccc(C)c(C(N)=O)c1. The van der Waals surface area contributed by atoms with Crippen molar-refractivity contribution in [2.75, 3.05) is 5.32 Å². The molecule has 0 saturated heterocycles. The van der Waals surface area contributed by atoms with Gasteiger partial charge in [-0.3, -0.25) is 4.79 Å². The summed E-state index contributed by atoms with van der Waals surface area (Å²) < 4.78 is 0. The minimum atomic E-state index is -0.373. The van der Waals surface area contributed by atoms with Crippen LogP contribution in [0.4, 0.5) is 5.69 Å². The number of nitrogens with one attached hydrogen (secondary N) is 1. The average Bonchev–Trinajstić information content (AvgIpc) is 2.30. The Hall–Kier alpha value is -1.51. The van der Waals surface area contributed by atoms with Crippen molar-refractivity contribution in [1.82, 2.24) is 0 Å². The van der Waals surface area contributed by atoms with Gasteiger partial charge in [0.1, 0.15) is 0 Å². The number of anilines is 1. The van der Waals surface area contributed by atoms with Crippen LogP contribution >= 0.6 is 0 Å². The summed E-state index contributed by atoms with van der Waals surface area (Å²) in [6, 6.07) is 6.12. The third-order valence-electron chi connectivity index (χ3n) is 3.39. The molecule has 0 saturated carbocycles. The molecule has 3 nitrogen and oxygen atoms in total. The average molecular weight is 234 g/mol. The van der Waals surface area contributed by atoms with Crippen LogP contribution < -0.4 is 11.1 Å². The molecule has 94 valence electrons. The van der Waals surface area contributed by atoms with E-state index >= 15 is 0 Å². The van der Waals surface area contributed by atoms with Gasteiger partial charge in [-0.25, -0.2) is 0 Å². The highest BCUT2D eigenvalue weighted by molar-refractivity contribution is 5.95. The Balaban J connectivity index is 2.86. The minimum absolute atomic E-state index is 0.373. The molecule has 2 atom stereocenters. The first kappa shape index (κ1) is 13.6. The number of primary amides is 1. The van der Waals surface area contributed by atoms with Gasteiger partial charge in [-0.1, -0.05) is 26.3 Å². The summed E-state index contributed by atoms with van der Waals surface area (Å²) in [4.78, 5) is 11.2. The first-order valence-corrected chi connectivity index (χ1v) is 6.12. The summed E-state index contributed by atoms with van der Waals surface area (Å²) >= 11 is 0. The molecule has 0 spiro atoms. The Morgan fingerprint density at radius 1 is 1.41 bits per heavy atom. The minimum Gasteiger partial charge on any atom is -0.382 e. The van der Waals surface area contributed by atoms with Gasteiger partial charge in [0.05, 0.1) is 0 Å². The number of rotatable bonds is 5. The van der Waals surface area contributed by atoms with E-state index in [1.807, 2.05) is 25.1 Å². The van der Waals surface area contributed by atoms with Gasteiger partial charge in [-0.15, -0.1) is 0 Å². The molecule has 1 amide bonds. The maximum atomic E-state index is 11.2. The van der Waals surface area contributed by atoms with Crippen LogP contribution in [0.1, 0.15) is 43.1 Å². The monoisotopic (exact) mass is 234 g/mol. The van der Waals surface area contributed by atoms with E-state index in [9.17, 15) is 4.79 Å². The maximum Gasteiger partial charge on any atom is 0.249 e. The van der Waals surface area contributed by atoms with E-state index in [0.717, 1.165) is 17.7 Å². The first-order chi connectivity index (χ1) is 7.95. The second-order valence-corrected chi connectivity index (χ2v) is 4.71. The van der Waals surface area contributed by atoms with Crippen LogP contribution in [0.25, 0.3) is 0 Å².